The Balaban J connectivity index is 2.49. The summed E-state index contributed by atoms with van der Waals surface area (Å²) in [5.41, 5.74) is 0.987. The third kappa shape index (κ3) is 3.14. The molecule has 1 aliphatic rings. The molecule has 0 aromatic heterocycles. The molecule has 0 heterocycles. The summed E-state index contributed by atoms with van der Waals surface area (Å²) >= 11 is 0. The zero-order valence-corrected chi connectivity index (χ0v) is 13.1. The smallest absolute Gasteiger partial charge is 0.307 e. The van der Waals surface area contributed by atoms with Crippen LogP contribution in [0.4, 0.5) is 0 Å². The Morgan fingerprint density at radius 3 is 2.95 bits per heavy atom. The Morgan fingerprint density at radius 2 is 2.27 bits per heavy atom. The molecule has 0 spiro atoms. The zero-order valence-electron chi connectivity index (χ0n) is 13.1. The van der Waals surface area contributed by atoms with Gasteiger partial charge in [0.1, 0.15) is 5.75 Å². The maximum Gasteiger partial charge on any atom is 0.307 e. The molecule has 116 valence electrons. The molecule has 1 aliphatic carbocycles. The van der Waals surface area contributed by atoms with Crippen LogP contribution < -0.4 is 4.74 Å². The van der Waals surface area contributed by atoms with E-state index >= 15 is 0 Å². The van der Waals surface area contributed by atoms with E-state index in [1.165, 1.54) is 0 Å². The summed E-state index contributed by atoms with van der Waals surface area (Å²) in [6, 6.07) is 9.91. The van der Waals surface area contributed by atoms with Crippen molar-refractivity contribution in [2.45, 2.75) is 38.0 Å². The summed E-state index contributed by atoms with van der Waals surface area (Å²) < 4.78 is 10.4. The number of methoxy groups -OCH3 is 1. The number of allylic oxidation sites excluding steroid dienone is 2. The van der Waals surface area contributed by atoms with Crippen molar-refractivity contribution in [1.29, 1.82) is 5.26 Å². The lowest BCUT2D eigenvalue weighted by atomic mass is 9.66. The molecule has 0 amide bonds. The summed E-state index contributed by atoms with van der Waals surface area (Å²) in [5, 5.41) is 9.56. The minimum Gasteiger partial charge on any atom is -0.497 e. The minimum absolute atomic E-state index is 0.188. The predicted molar refractivity (Wildman–Crippen MR) is 83.5 cm³/mol. The van der Waals surface area contributed by atoms with Crippen LogP contribution in [-0.2, 0) is 14.9 Å². The SMILES string of the molecule is CCOC(=O)CC1(c2cccc(OC)c2)CCCC=C1C#N. The van der Waals surface area contributed by atoms with Gasteiger partial charge in [0.15, 0.2) is 0 Å². The number of hydrogen-bond donors (Lipinski definition) is 0. The van der Waals surface area contributed by atoms with Gasteiger partial charge in [-0.25, -0.2) is 0 Å². The number of esters is 1. The average molecular weight is 299 g/mol. The molecule has 0 radical (unpaired) electrons. The second-order valence-electron chi connectivity index (χ2n) is 5.42. The summed E-state index contributed by atoms with van der Waals surface area (Å²) in [4.78, 5) is 12.1. The van der Waals surface area contributed by atoms with Crippen LogP contribution in [0.2, 0.25) is 0 Å². The number of ether oxygens (including phenoxy) is 2. The molecule has 1 aromatic carbocycles. The van der Waals surface area contributed by atoms with Crippen LogP contribution >= 0.6 is 0 Å². The van der Waals surface area contributed by atoms with Crippen molar-refractivity contribution in [2.24, 2.45) is 0 Å². The van der Waals surface area contributed by atoms with E-state index in [4.69, 9.17) is 9.47 Å². The molecule has 2 rings (SSSR count). The van der Waals surface area contributed by atoms with E-state index in [0.717, 1.165) is 30.6 Å². The fraction of sp³-hybridized carbons (Fsp3) is 0.444. The molecular weight excluding hydrogens is 278 g/mol. The minimum atomic E-state index is -0.603. The van der Waals surface area contributed by atoms with Gasteiger partial charge in [-0.2, -0.15) is 5.26 Å². The molecule has 0 saturated carbocycles. The number of rotatable bonds is 5. The van der Waals surface area contributed by atoms with Crippen LogP contribution in [0.1, 0.15) is 38.2 Å². The van der Waals surface area contributed by atoms with Gasteiger partial charge in [0, 0.05) is 11.0 Å². The van der Waals surface area contributed by atoms with Gasteiger partial charge in [-0.15, -0.1) is 0 Å². The Morgan fingerprint density at radius 1 is 1.45 bits per heavy atom. The van der Waals surface area contributed by atoms with E-state index in [0.29, 0.717) is 12.2 Å². The Labute approximate surface area is 131 Å². The van der Waals surface area contributed by atoms with Crippen LogP contribution in [0.15, 0.2) is 35.9 Å². The highest BCUT2D eigenvalue weighted by Crippen LogP contribution is 2.44. The predicted octanol–water partition coefficient (Wildman–Crippen LogP) is 3.52. The van der Waals surface area contributed by atoms with Gasteiger partial charge in [-0.05, 0) is 43.9 Å². The molecular formula is C18H21NO3. The van der Waals surface area contributed by atoms with Gasteiger partial charge in [-0.3, -0.25) is 4.79 Å². The number of nitriles is 1. The van der Waals surface area contributed by atoms with Crippen molar-refractivity contribution in [1.82, 2.24) is 0 Å². The average Bonchev–Trinajstić information content (AvgIpc) is 2.55. The maximum absolute atomic E-state index is 12.1. The van der Waals surface area contributed by atoms with Crippen LogP contribution in [0.3, 0.4) is 0 Å². The molecule has 4 heteroatoms. The number of hydrogen-bond acceptors (Lipinski definition) is 4. The lowest BCUT2D eigenvalue weighted by Gasteiger charge is -2.36. The molecule has 0 aliphatic heterocycles. The first-order chi connectivity index (χ1) is 10.7. The van der Waals surface area contributed by atoms with Crippen LogP contribution in [-0.4, -0.2) is 19.7 Å². The van der Waals surface area contributed by atoms with Crippen LogP contribution in [0, 0.1) is 11.3 Å². The third-order valence-corrected chi connectivity index (χ3v) is 4.17. The normalized spacial score (nSPS) is 20.7. The van der Waals surface area contributed by atoms with E-state index in [9.17, 15) is 10.1 Å². The first-order valence-corrected chi connectivity index (χ1v) is 7.57. The topological polar surface area (TPSA) is 59.3 Å². The first-order valence-electron chi connectivity index (χ1n) is 7.57. The lowest BCUT2D eigenvalue weighted by molar-refractivity contribution is -0.144. The molecule has 1 atom stereocenters. The van der Waals surface area contributed by atoms with Gasteiger partial charge < -0.3 is 9.47 Å². The van der Waals surface area contributed by atoms with Gasteiger partial charge in [0.05, 0.1) is 26.2 Å². The Hall–Kier alpha value is -2.28. The molecule has 0 saturated heterocycles. The number of carbonyl (C=O) groups is 1. The van der Waals surface area contributed by atoms with Crippen molar-refractivity contribution in [3.63, 3.8) is 0 Å². The summed E-state index contributed by atoms with van der Waals surface area (Å²) in [5.74, 6) is 0.456. The first kappa shape index (κ1) is 16.1. The molecule has 1 aromatic rings. The van der Waals surface area contributed by atoms with E-state index in [2.05, 4.69) is 6.07 Å². The molecule has 0 bridgehead atoms. The lowest BCUT2D eigenvalue weighted by Crippen LogP contribution is -2.34. The summed E-state index contributed by atoms with van der Waals surface area (Å²) in [6.07, 6.45) is 4.72. The largest absolute Gasteiger partial charge is 0.497 e. The molecule has 0 N–H and O–H groups in total. The van der Waals surface area contributed by atoms with Crippen molar-refractivity contribution < 1.29 is 14.3 Å². The van der Waals surface area contributed by atoms with Gasteiger partial charge in [0.2, 0.25) is 0 Å². The Bertz CT molecular complexity index is 615. The van der Waals surface area contributed by atoms with E-state index in [-0.39, 0.29) is 12.4 Å². The third-order valence-electron chi connectivity index (χ3n) is 4.17. The van der Waals surface area contributed by atoms with Crippen molar-refractivity contribution in [3.05, 3.63) is 41.5 Å². The second-order valence-corrected chi connectivity index (χ2v) is 5.42. The van der Waals surface area contributed by atoms with E-state index in [1.54, 1.807) is 14.0 Å². The fourth-order valence-electron chi connectivity index (χ4n) is 3.10. The number of carbonyl (C=O) groups excluding carboxylic acids is 1. The number of benzene rings is 1. The molecule has 1 unspecified atom stereocenters. The highest BCUT2D eigenvalue weighted by molar-refractivity contribution is 5.73. The quantitative estimate of drug-likeness (QED) is 0.780. The second kappa shape index (κ2) is 7.13. The van der Waals surface area contributed by atoms with E-state index < -0.39 is 5.41 Å². The van der Waals surface area contributed by atoms with Gasteiger partial charge in [0.25, 0.3) is 0 Å². The van der Waals surface area contributed by atoms with Crippen molar-refractivity contribution >= 4 is 5.97 Å². The molecule has 22 heavy (non-hydrogen) atoms. The maximum atomic E-state index is 12.1. The van der Waals surface area contributed by atoms with Gasteiger partial charge >= 0.3 is 5.97 Å². The zero-order chi connectivity index (χ0) is 16.0. The van der Waals surface area contributed by atoms with Crippen LogP contribution in [0.25, 0.3) is 0 Å². The standard InChI is InChI=1S/C18H21NO3/c1-3-22-17(20)12-18(10-5-4-7-15(18)13-19)14-8-6-9-16(11-14)21-2/h6-9,11H,3-5,10,12H2,1-2H3. The molecule has 0 fully saturated rings. The van der Waals surface area contributed by atoms with Crippen molar-refractivity contribution in [2.75, 3.05) is 13.7 Å². The van der Waals surface area contributed by atoms with E-state index in [1.807, 2.05) is 30.3 Å². The van der Waals surface area contributed by atoms with Gasteiger partial charge in [-0.1, -0.05) is 18.2 Å². The Kier molecular flexibility index (Phi) is 5.21. The summed E-state index contributed by atoms with van der Waals surface area (Å²) in [7, 11) is 1.61. The highest BCUT2D eigenvalue weighted by Gasteiger charge is 2.40. The monoisotopic (exact) mass is 299 g/mol. The summed E-state index contributed by atoms with van der Waals surface area (Å²) in [6.45, 7) is 2.14. The molecule has 4 nitrogen and oxygen atoms in total. The van der Waals surface area contributed by atoms with Crippen molar-refractivity contribution in [3.8, 4) is 11.8 Å². The highest BCUT2D eigenvalue weighted by atomic mass is 16.5. The number of nitrogens with zero attached hydrogens (tertiary/aromatic N) is 1. The fourth-order valence-corrected chi connectivity index (χ4v) is 3.10. The van der Waals surface area contributed by atoms with Crippen LogP contribution in [0.5, 0.6) is 5.75 Å².